The zero-order valence-corrected chi connectivity index (χ0v) is 20.0. The van der Waals surface area contributed by atoms with Gasteiger partial charge in [-0.05, 0) is 68.2 Å². The van der Waals surface area contributed by atoms with Gasteiger partial charge in [0, 0.05) is 12.3 Å². The third kappa shape index (κ3) is 3.34. The second-order valence-electron chi connectivity index (χ2n) is 10.8. The van der Waals surface area contributed by atoms with Crippen molar-refractivity contribution in [2.24, 2.45) is 17.8 Å². The molecule has 5 aliphatic rings. The standard InChI is InChI=1S/C28H32O6/c1-18-9-14-23-26(2,31-25-28(23)22(18)15-16-27(3,32-25)33-34-28)17-30-24(29)21-12-10-20(11-13-21)19-7-5-4-6-8-19/h4-8,10-13,18,22-23,25H,9,14-17H2,1-3H3/t18-,22+,23+,25-,26?,27-,28-/m1/s1. The summed E-state index contributed by atoms with van der Waals surface area (Å²) >= 11 is 0. The first-order valence-corrected chi connectivity index (χ1v) is 12.4. The lowest BCUT2D eigenvalue weighted by atomic mass is 9.60. The van der Waals surface area contributed by atoms with Gasteiger partial charge in [0.2, 0.25) is 5.79 Å². The van der Waals surface area contributed by atoms with E-state index >= 15 is 0 Å². The van der Waals surface area contributed by atoms with Crippen LogP contribution in [-0.4, -0.2) is 35.9 Å². The summed E-state index contributed by atoms with van der Waals surface area (Å²) < 4.78 is 18.7. The highest BCUT2D eigenvalue weighted by atomic mass is 17.3. The summed E-state index contributed by atoms with van der Waals surface area (Å²) in [6.45, 7) is 6.35. The highest BCUT2D eigenvalue weighted by Gasteiger charge is 2.74. The molecule has 1 spiro atoms. The number of benzene rings is 2. The topological polar surface area (TPSA) is 63.2 Å². The van der Waals surface area contributed by atoms with Gasteiger partial charge in [0.25, 0.3) is 0 Å². The first-order valence-electron chi connectivity index (χ1n) is 12.4. The van der Waals surface area contributed by atoms with Gasteiger partial charge >= 0.3 is 5.97 Å². The summed E-state index contributed by atoms with van der Waals surface area (Å²) in [5, 5.41) is 0. The van der Waals surface area contributed by atoms with Crippen molar-refractivity contribution in [3.05, 3.63) is 60.2 Å². The molecular formula is C28H32O6. The number of carbonyl (C=O) groups excluding carboxylic acids is 1. The maximum atomic E-state index is 12.9. The molecule has 1 saturated carbocycles. The minimum absolute atomic E-state index is 0.0158. The predicted octanol–water partition coefficient (Wildman–Crippen LogP) is 5.51. The van der Waals surface area contributed by atoms with Crippen LogP contribution in [0.1, 0.15) is 56.8 Å². The molecule has 0 radical (unpaired) electrons. The number of esters is 1. The molecule has 6 heteroatoms. The smallest absolute Gasteiger partial charge is 0.338 e. The summed E-state index contributed by atoms with van der Waals surface area (Å²) in [5.41, 5.74) is 1.32. The van der Waals surface area contributed by atoms with Crippen molar-refractivity contribution in [3.63, 3.8) is 0 Å². The maximum Gasteiger partial charge on any atom is 0.338 e. The van der Waals surface area contributed by atoms with Gasteiger partial charge in [0.1, 0.15) is 12.2 Å². The van der Waals surface area contributed by atoms with Gasteiger partial charge in [0.05, 0.1) is 5.56 Å². The van der Waals surface area contributed by atoms with Crippen LogP contribution in [0.15, 0.2) is 54.6 Å². The molecule has 2 bridgehead atoms. The Balaban J connectivity index is 1.20. The molecule has 4 heterocycles. The van der Waals surface area contributed by atoms with E-state index in [4.69, 9.17) is 24.0 Å². The van der Waals surface area contributed by atoms with Crippen molar-refractivity contribution in [3.8, 4) is 11.1 Å². The van der Waals surface area contributed by atoms with Crippen molar-refractivity contribution in [2.45, 2.75) is 69.7 Å². The zero-order valence-electron chi connectivity index (χ0n) is 20.0. The van der Waals surface area contributed by atoms with Crippen LogP contribution in [0.2, 0.25) is 0 Å². The monoisotopic (exact) mass is 464 g/mol. The first-order chi connectivity index (χ1) is 16.3. The van der Waals surface area contributed by atoms with Gasteiger partial charge in [-0.2, -0.15) is 0 Å². The molecule has 1 aliphatic carbocycles. The number of hydrogen-bond acceptors (Lipinski definition) is 6. The minimum atomic E-state index is -0.806. The van der Waals surface area contributed by atoms with E-state index in [2.05, 4.69) is 6.92 Å². The normalized spacial score (nSPS) is 40.4. The maximum absolute atomic E-state index is 12.9. The lowest BCUT2D eigenvalue weighted by Gasteiger charge is -2.50. The average Bonchev–Trinajstić information content (AvgIpc) is 2.93. The Hall–Kier alpha value is -2.25. The second-order valence-corrected chi connectivity index (χ2v) is 10.8. The van der Waals surface area contributed by atoms with E-state index in [9.17, 15) is 4.79 Å². The van der Waals surface area contributed by atoms with Crippen molar-refractivity contribution < 1.29 is 28.8 Å². The summed E-state index contributed by atoms with van der Waals surface area (Å²) in [6, 6.07) is 17.6. The van der Waals surface area contributed by atoms with Crippen LogP contribution in [0.3, 0.4) is 0 Å². The molecule has 2 aromatic carbocycles. The Labute approximate surface area is 200 Å². The molecule has 5 fully saturated rings. The van der Waals surface area contributed by atoms with Gasteiger partial charge in [-0.3, -0.25) is 0 Å². The summed E-state index contributed by atoms with van der Waals surface area (Å²) in [4.78, 5) is 24.9. The molecular weight excluding hydrogens is 432 g/mol. The van der Waals surface area contributed by atoms with Crippen LogP contribution in [-0.2, 0) is 24.0 Å². The molecule has 0 N–H and O–H groups in total. The van der Waals surface area contributed by atoms with Crippen molar-refractivity contribution in [1.82, 2.24) is 0 Å². The van der Waals surface area contributed by atoms with Gasteiger partial charge in [-0.1, -0.05) is 49.4 Å². The number of carbonyl (C=O) groups is 1. The number of rotatable bonds is 4. The van der Waals surface area contributed by atoms with E-state index in [-0.39, 0.29) is 24.4 Å². The quantitative estimate of drug-likeness (QED) is 0.439. The summed E-state index contributed by atoms with van der Waals surface area (Å²) in [6.07, 6.45) is 3.22. The summed E-state index contributed by atoms with van der Waals surface area (Å²) in [7, 11) is 0. The molecule has 4 saturated heterocycles. The van der Waals surface area contributed by atoms with E-state index in [1.54, 1.807) is 0 Å². The second kappa shape index (κ2) is 7.89. The Bertz CT molecular complexity index is 1070. The van der Waals surface area contributed by atoms with Gasteiger partial charge < -0.3 is 14.2 Å². The fourth-order valence-electron chi connectivity index (χ4n) is 6.67. The van der Waals surface area contributed by atoms with Crippen LogP contribution in [0.5, 0.6) is 0 Å². The Morgan fingerprint density at radius 3 is 2.44 bits per heavy atom. The lowest BCUT2D eigenvalue weighted by Crippen LogP contribution is -2.62. The molecule has 7 rings (SSSR count). The Morgan fingerprint density at radius 1 is 0.941 bits per heavy atom. The minimum Gasteiger partial charge on any atom is -0.459 e. The number of fused-ring (bicyclic) bond motifs is 2. The molecule has 34 heavy (non-hydrogen) atoms. The fraction of sp³-hybridized carbons (Fsp3) is 0.536. The third-order valence-electron chi connectivity index (χ3n) is 8.55. The van der Waals surface area contributed by atoms with E-state index in [0.29, 0.717) is 11.5 Å². The van der Waals surface area contributed by atoms with Crippen LogP contribution >= 0.6 is 0 Å². The van der Waals surface area contributed by atoms with Crippen molar-refractivity contribution in [1.29, 1.82) is 0 Å². The predicted molar refractivity (Wildman–Crippen MR) is 124 cm³/mol. The van der Waals surface area contributed by atoms with Crippen LogP contribution in [0.25, 0.3) is 11.1 Å². The van der Waals surface area contributed by atoms with Gasteiger partial charge in [-0.25, -0.2) is 14.6 Å². The van der Waals surface area contributed by atoms with Gasteiger partial charge in [-0.15, -0.1) is 0 Å². The fourth-order valence-corrected chi connectivity index (χ4v) is 6.67. The van der Waals surface area contributed by atoms with Crippen molar-refractivity contribution >= 4 is 5.97 Å². The molecule has 0 aromatic heterocycles. The van der Waals surface area contributed by atoms with Crippen LogP contribution in [0, 0.1) is 17.8 Å². The SMILES string of the molecule is C[C@@H]1CC[C@H]2C(C)(COC(=O)c3ccc(-c4ccccc4)cc3)O[C@@H]3O[C@@]4(C)CC[C@@H]1[C@]32OO4. The van der Waals surface area contributed by atoms with Gasteiger partial charge in [0.15, 0.2) is 11.9 Å². The van der Waals surface area contributed by atoms with E-state index in [1.807, 2.05) is 68.4 Å². The molecule has 7 atom stereocenters. The molecule has 0 amide bonds. The number of hydrogen-bond donors (Lipinski definition) is 0. The highest BCUT2D eigenvalue weighted by molar-refractivity contribution is 5.90. The molecule has 4 aliphatic heterocycles. The largest absolute Gasteiger partial charge is 0.459 e. The van der Waals surface area contributed by atoms with E-state index in [1.165, 1.54) is 0 Å². The first kappa shape index (κ1) is 22.2. The Kier molecular flexibility index (Phi) is 5.16. The lowest BCUT2D eigenvalue weighted by molar-refractivity contribution is -0.541. The average molecular weight is 465 g/mol. The molecule has 6 nitrogen and oxygen atoms in total. The van der Waals surface area contributed by atoms with Crippen LogP contribution in [0.4, 0.5) is 0 Å². The Morgan fingerprint density at radius 2 is 1.68 bits per heavy atom. The number of ether oxygens (including phenoxy) is 3. The molecule has 2 aromatic rings. The molecule has 1 unspecified atom stereocenters. The van der Waals surface area contributed by atoms with Crippen molar-refractivity contribution in [2.75, 3.05) is 6.61 Å². The third-order valence-corrected chi connectivity index (χ3v) is 8.55. The molecule has 180 valence electrons. The van der Waals surface area contributed by atoms with E-state index in [0.717, 1.165) is 36.8 Å². The summed E-state index contributed by atoms with van der Waals surface area (Å²) in [5.74, 6) is -0.377. The van der Waals surface area contributed by atoms with Crippen LogP contribution < -0.4 is 0 Å². The zero-order chi connectivity index (χ0) is 23.6. The van der Waals surface area contributed by atoms with E-state index < -0.39 is 23.3 Å². The highest BCUT2D eigenvalue weighted by Crippen LogP contribution is 2.63.